The Morgan fingerprint density at radius 3 is 2.80 bits per heavy atom. The largest absolute Gasteiger partial charge is 0.465 e. The predicted octanol–water partition coefficient (Wildman–Crippen LogP) is 0.795. The van der Waals surface area contributed by atoms with Crippen LogP contribution in [0.1, 0.15) is 0 Å². The minimum atomic E-state index is -0.522. The third-order valence-electron chi connectivity index (χ3n) is 0.807. The van der Waals surface area contributed by atoms with E-state index in [9.17, 15) is 4.79 Å². The van der Waals surface area contributed by atoms with Gasteiger partial charge in [0.15, 0.2) is 0 Å². The number of carbonyl (C=O) groups is 1. The van der Waals surface area contributed by atoms with Crippen LogP contribution in [0.15, 0.2) is 24.3 Å². The molecule has 0 aromatic heterocycles. The van der Waals surface area contributed by atoms with Gasteiger partial charge in [0.25, 0.3) is 0 Å². The molecule has 0 aromatic rings. The van der Waals surface area contributed by atoms with Crippen molar-refractivity contribution < 1.29 is 9.53 Å². The van der Waals surface area contributed by atoms with E-state index in [-0.39, 0.29) is 5.57 Å². The van der Waals surface area contributed by atoms with Crippen LogP contribution in [0.2, 0.25) is 0 Å². The zero-order valence-electron chi connectivity index (χ0n) is 5.63. The summed E-state index contributed by atoms with van der Waals surface area (Å²) in [5.74, 6) is -0.522. The number of esters is 1. The number of allylic oxidation sites excluding steroid dienone is 1. The standard InChI is InChI=1S/C7H7NO2/c1-6(4-3-5-8)7(9)10-2/h3-4H,1H2,2H3/b4-3+. The van der Waals surface area contributed by atoms with Crippen molar-refractivity contribution in [2.24, 2.45) is 0 Å². The third kappa shape index (κ3) is 2.68. The van der Waals surface area contributed by atoms with Crippen molar-refractivity contribution in [1.82, 2.24) is 0 Å². The molecule has 0 heterocycles. The summed E-state index contributed by atoms with van der Waals surface area (Å²) in [6.45, 7) is 3.35. The monoisotopic (exact) mass is 137 g/mol. The van der Waals surface area contributed by atoms with Gasteiger partial charge in [-0.15, -0.1) is 0 Å². The van der Waals surface area contributed by atoms with E-state index in [2.05, 4.69) is 11.3 Å². The number of rotatable bonds is 2. The lowest BCUT2D eigenvalue weighted by molar-refractivity contribution is -0.135. The minimum absolute atomic E-state index is 0.170. The van der Waals surface area contributed by atoms with E-state index >= 15 is 0 Å². The number of hydrogen-bond donors (Lipinski definition) is 0. The number of nitrogens with zero attached hydrogens (tertiary/aromatic N) is 1. The van der Waals surface area contributed by atoms with Crippen molar-refractivity contribution in [3.05, 3.63) is 24.3 Å². The average molecular weight is 137 g/mol. The molecule has 0 unspecified atom stereocenters. The van der Waals surface area contributed by atoms with Gasteiger partial charge < -0.3 is 4.74 Å². The van der Waals surface area contributed by atoms with Gasteiger partial charge in [-0.05, 0) is 6.08 Å². The second kappa shape index (κ2) is 4.33. The highest BCUT2D eigenvalue weighted by Gasteiger charge is 1.99. The van der Waals surface area contributed by atoms with E-state index in [4.69, 9.17) is 5.26 Å². The van der Waals surface area contributed by atoms with Crippen LogP contribution in [0, 0.1) is 11.3 Å². The van der Waals surface area contributed by atoms with Gasteiger partial charge in [0.1, 0.15) is 0 Å². The molecule has 3 nitrogen and oxygen atoms in total. The molecule has 0 amide bonds. The minimum Gasteiger partial charge on any atom is -0.465 e. The van der Waals surface area contributed by atoms with Crippen molar-refractivity contribution in [2.45, 2.75) is 0 Å². The van der Waals surface area contributed by atoms with E-state index in [1.807, 2.05) is 0 Å². The molecule has 52 valence electrons. The van der Waals surface area contributed by atoms with Gasteiger partial charge in [-0.25, -0.2) is 4.79 Å². The molecule has 0 N–H and O–H groups in total. The van der Waals surface area contributed by atoms with E-state index in [1.165, 1.54) is 19.3 Å². The maximum Gasteiger partial charge on any atom is 0.337 e. The van der Waals surface area contributed by atoms with Crippen molar-refractivity contribution in [3.63, 3.8) is 0 Å². The molecule has 0 bridgehead atoms. The van der Waals surface area contributed by atoms with Crippen LogP contribution in [0.25, 0.3) is 0 Å². The van der Waals surface area contributed by atoms with Gasteiger partial charge in [-0.3, -0.25) is 0 Å². The van der Waals surface area contributed by atoms with Crippen LogP contribution in [-0.2, 0) is 9.53 Å². The Morgan fingerprint density at radius 2 is 2.40 bits per heavy atom. The highest BCUT2D eigenvalue weighted by atomic mass is 16.5. The molecule has 0 spiro atoms. The number of ether oxygens (including phenoxy) is 1. The molecule has 0 aliphatic rings. The molecule has 0 aliphatic carbocycles. The molecule has 0 rings (SSSR count). The summed E-state index contributed by atoms with van der Waals surface area (Å²) >= 11 is 0. The lowest BCUT2D eigenvalue weighted by atomic mass is 10.3. The fourth-order valence-electron chi connectivity index (χ4n) is 0.337. The molecule has 0 aliphatic heterocycles. The number of nitriles is 1. The van der Waals surface area contributed by atoms with Gasteiger partial charge in [0.2, 0.25) is 0 Å². The number of carbonyl (C=O) groups excluding carboxylic acids is 1. The van der Waals surface area contributed by atoms with Crippen molar-refractivity contribution in [2.75, 3.05) is 7.11 Å². The lowest BCUT2D eigenvalue weighted by Gasteiger charge is -1.93. The van der Waals surface area contributed by atoms with Gasteiger partial charge >= 0.3 is 5.97 Å². The molecule has 10 heavy (non-hydrogen) atoms. The Hall–Kier alpha value is -1.56. The fourth-order valence-corrected chi connectivity index (χ4v) is 0.337. The quantitative estimate of drug-likeness (QED) is 0.245. The van der Waals surface area contributed by atoms with E-state index < -0.39 is 5.97 Å². The van der Waals surface area contributed by atoms with Crippen molar-refractivity contribution in [3.8, 4) is 6.07 Å². The Labute approximate surface area is 59.2 Å². The van der Waals surface area contributed by atoms with Crippen LogP contribution in [-0.4, -0.2) is 13.1 Å². The number of hydrogen-bond acceptors (Lipinski definition) is 3. The summed E-state index contributed by atoms with van der Waals surface area (Å²) in [7, 11) is 1.26. The summed E-state index contributed by atoms with van der Waals surface area (Å²) in [5, 5.41) is 8.04. The summed E-state index contributed by atoms with van der Waals surface area (Å²) in [4.78, 5) is 10.5. The van der Waals surface area contributed by atoms with Gasteiger partial charge in [0, 0.05) is 6.08 Å². The first-order valence-corrected chi connectivity index (χ1v) is 2.55. The van der Waals surface area contributed by atoms with Crippen molar-refractivity contribution in [1.29, 1.82) is 5.26 Å². The highest BCUT2D eigenvalue weighted by Crippen LogP contribution is 1.94. The molecule has 0 radical (unpaired) electrons. The average Bonchev–Trinajstić information content (AvgIpc) is 1.98. The number of methoxy groups -OCH3 is 1. The molecule has 0 saturated carbocycles. The van der Waals surface area contributed by atoms with Crippen LogP contribution >= 0.6 is 0 Å². The Morgan fingerprint density at radius 1 is 1.80 bits per heavy atom. The first-order valence-electron chi connectivity index (χ1n) is 2.55. The lowest BCUT2D eigenvalue weighted by Crippen LogP contribution is -2.00. The fraction of sp³-hybridized carbons (Fsp3) is 0.143. The SMILES string of the molecule is C=C(/C=C/C#N)C(=O)OC. The topological polar surface area (TPSA) is 50.1 Å². The van der Waals surface area contributed by atoms with Gasteiger partial charge in [-0.1, -0.05) is 6.58 Å². The molecule has 0 fully saturated rings. The van der Waals surface area contributed by atoms with Crippen molar-refractivity contribution >= 4 is 5.97 Å². The van der Waals surface area contributed by atoms with E-state index in [1.54, 1.807) is 6.07 Å². The maximum absolute atomic E-state index is 10.5. The molecular formula is C7H7NO2. The zero-order chi connectivity index (χ0) is 7.98. The normalized spacial score (nSPS) is 8.80. The predicted molar refractivity (Wildman–Crippen MR) is 35.9 cm³/mol. The first kappa shape index (κ1) is 8.44. The first-order chi connectivity index (χ1) is 4.72. The maximum atomic E-state index is 10.5. The zero-order valence-corrected chi connectivity index (χ0v) is 5.63. The Bertz CT molecular complexity index is 210. The summed E-state index contributed by atoms with van der Waals surface area (Å²) in [6.07, 6.45) is 2.46. The van der Waals surface area contributed by atoms with E-state index in [0.29, 0.717) is 0 Å². The van der Waals surface area contributed by atoms with Crippen LogP contribution < -0.4 is 0 Å². The van der Waals surface area contributed by atoms with Crippen LogP contribution in [0.4, 0.5) is 0 Å². The Balaban J connectivity index is 4.01. The highest BCUT2D eigenvalue weighted by molar-refractivity contribution is 5.90. The summed E-state index contributed by atoms with van der Waals surface area (Å²) < 4.78 is 4.31. The smallest absolute Gasteiger partial charge is 0.337 e. The summed E-state index contributed by atoms with van der Waals surface area (Å²) in [6, 6.07) is 1.73. The molecule has 0 saturated heterocycles. The molecule has 3 heteroatoms. The molecule has 0 aromatic carbocycles. The molecular weight excluding hydrogens is 130 g/mol. The molecule has 0 atom stereocenters. The second-order valence-corrected chi connectivity index (χ2v) is 1.48. The van der Waals surface area contributed by atoms with Crippen LogP contribution in [0.3, 0.4) is 0 Å². The van der Waals surface area contributed by atoms with Crippen LogP contribution in [0.5, 0.6) is 0 Å². The van der Waals surface area contributed by atoms with Gasteiger partial charge in [0.05, 0.1) is 18.8 Å². The third-order valence-corrected chi connectivity index (χ3v) is 0.807. The Kier molecular flexibility index (Phi) is 3.66. The second-order valence-electron chi connectivity index (χ2n) is 1.48. The summed E-state index contributed by atoms with van der Waals surface area (Å²) in [5.41, 5.74) is 0.170. The van der Waals surface area contributed by atoms with Gasteiger partial charge in [-0.2, -0.15) is 5.26 Å². The van der Waals surface area contributed by atoms with E-state index in [0.717, 1.165) is 0 Å².